The maximum absolute atomic E-state index is 13.7. The molecule has 0 heterocycles. The summed E-state index contributed by atoms with van der Waals surface area (Å²) in [5.41, 5.74) is 1.67. The molecule has 0 radical (unpaired) electrons. The first kappa shape index (κ1) is 16.0. The van der Waals surface area contributed by atoms with E-state index in [2.05, 4.69) is 0 Å². The predicted molar refractivity (Wildman–Crippen MR) is 82.7 cm³/mol. The zero-order valence-corrected chi connectivity index (χ0v) is 12.8. The number of hydrogen-bond acceptors (Lipinski definition) is 2. The fourth-order valence-electron chi connectivity index (χ4n) is 2.03. The molecule has 5 heteroatoms. The maximum Gasteiger partial charge on any atom is 0.227 e. The second kappa shape index (κ2) is 7.06. The van der Waals surface area contributed by atoms with E-state index in [1.54, 1.807) is 37.4 Å². The van der Waals surface area contributed by atoms with E-state index in [4.69, 9.17) is 16.9 Å². The number of likely N-dealkylation sites (N-methyl/N-ethyl adjacent to an activating group) is 1. The van der Waals surface area contributed by atoms with Crippen molar-refractivity contribution in [1.29, 1.82) is 5.26 Å². The Hall–Kier alpha value is -2.38. The molecule has 3 nitrogen and oxygen atoms in total. The van der Waals surface area contributed by atoms with Gasteiger partial charge >= 0.3 is 0 Å². The van der Waals surface area contributed by atoms with Crippen LogP contribution in [0.2, 0.25) is 5.02 Å². The largest absolute Gasteiger partial charge is 0.341 e. The first-order valence-corrected chi connectivity index (χ1v) is 7.05. The van der Waals surface area contributed by atoms with Gasteiger partial charge in [-0.1, -0.05) is 29.8 Å². The van der Waals surface area contributed by atoms with E-state index in [0.29, 0.717) is 12.1 Å². The summed E-state index contributed by atoms with van der Waals surface area (Å²) in [4.78, 5) is 13.7. The zero-order valence-electron chi connectivity index (χ0n) is 12.0. The highest BCUT2D eigenvalue weighted by Crippen LogP contribution is 2.20. The van der Waals surface area contributed by atoms with E-state index in [1.165, 1.54) is 17.0 Å². The Bertz CT molecular complexity index is 702. The van der Waals surface area contributed by atoms with Gasteiger partial charge in [-0.3, -0.25) is 4.79 Å². The van der Waals surface area contributed by atoms with Gasteiger partial charge in [0.1, 0.15) is 5.82 Å². The third kappa shape index (κ3) is 3.84. The van der Waals surface area contributed by atoms with Crippen LogP contribution in [0, 0.1) is 17.1 Å². The molecule has 0 atom stereocenters. The Morgan fingerprint density at radius 1 is 1.27 bits per heavy atom. The Balaban J connectivity index is 2.04. The number of amides is 1. The number of benzene rings is 2. The van der Waals surface area contributed by atoms with Crippen LogP contribution in [0.4, 0.5) is 4.39 Å². The van der Waals surface area contributed by atoms with Crippen LogP contribution >= 0.6 is 11.6 Å². The molecule has 2 aromatic carbocycles. The molecule has 0 saturated carbocycles. The fourth-order valence-corrected chi connectivity index (χ4v) is 2.26. The summed E-state index contributed by atoms with van der Waals surface area (Å²) >= 11 is 5.93. The number of halogens is 2. The molecule has 2 aromatic rings. The minimum Gasteiger partial charge on any atom is -0.341 e. The highest BCUT2D eigenvalue weighted by atomic mass is 35.5. The van der Waals surface area contributed by atoms with Crippen molar-refractivity contribution >= 4 is 17.5 Å². The van der Waals surface area contributed by atoms with Crippen LogP contribution in [0.25, 0.3) is 0 Å². The molecule has 0 fully saturated rings. The third-order valence-corrected chi connectivity index (χ3v) is 3.67. The summed E-state index contributed by atoms with van der Waals surface area (Å²) in [5, 5.41) is 9.00. The number of nitriles is 1. The number of rotatable bonds is 4. The van der Waals surface area contributed by atoms with Gasteiger partial charge < -0.3 is 4.90 Å². The highest BCUT2D eigenvalue weighted by molar-refractivity contribution is 6.31. The molecule has 0 N–H and O–H groups in total. The minimum absolute atomic E-state index is 0.0850. The van der Waals surface area contributed by atoms with Gasteiger partial charge in [0.25, 0.3) is 0 Å². The lowest BCUT2D eigenvalue weighted by Crippen LogP contribution is -2.28. The van der Waals surface area contributed by atoms with Crippen molar-refractivity contribution in [2.45, 2.75) is 13.0 Å². The van der Waals surface area contributed by atoms with Gasteiger partial charge in [-0.2, -0.15) is 5.26 Å². The van der Waals surface area contributed by atoms with Crippen molar-refractivity contribution < 1.29 is 9.18 Å². The lowest BCUT2D eigenvalue weighted by Gasteiger charge is -2.18. The molecule has 0 aliphatic heterocycles. The SMILES string of the molecule is CN(Cc1ccc(C#N)cc1)C(=O)Cc1c(F)cccc1Cl. The second-order valence-corrected chi connectivity index (χ2v) is 5.34. The van der Waals surface area contributed by atoms with Crippen molar-refractivity contribution in [2.24, 2.45) is 0 Å². The van der Waals surface area contributed by atoms with Crippen molar-refractivity contribution in [1.82, 2.24) is 4.90 Å². The van der Waals surface area contributed by atoms with Gasteiger partial charge in [-0.25, -0.2) is 4.39 Å². The first-order valence-electron chi connectivity index (χ1n) is 6.67. The molecule has 0 aliphatic rings. The molecule has 0 unspecified atom stereocenters. The van der Waals surface area contributed by atoms with E-state index >= 15 is 0 Å². The van der Waals surface area contributed by atoms with Crippen LogP contribution in [0.1, 0.15) is 16.7 Å². The molecular weight excluding hydrogens is 303 g/mol. The van der Waals surface area contributed by atoms with E-state index in [-0.39, 0.29) is 22.9 Å². The lowest BCUT2D eigenvalue weighted by atomic mass is 10.1. The summed E-state index contributed by atoms with van der Waals surface area (Å²) < 4.78 is 13.7. The van der Waals surface area contributed by atoms with Crippen molar-refractivity contribution in [3.8, 4) is 6.07 Å². The number of carbonyl (C=O) groups is 1. The summed E-state index contributed by atoms with van der Waals surface area (Å²) in [6.07, 6.45) is -0.0850. The fraction of sp³-hybridized carbons (Fsp3) is 0.176. The molecule has 112 valence electrons. The maximum atomic E-state index is 13.7. The minimum atomic E-state index is -0.479. The Kier molecular flexibility index (Phi) is 5.13. The topological polar surface area (TPSA) is 44.1 Å². The van der Waals surface area contributed by atoms with Crippen LogP contribution in [0.5, 0.6) is 0 Å². The van der Waals surface area contributed by atoms with Crippen molar-refractivity contribution in [2.75, 3.05) is 7.05 Å². The molecule has 0 aromatic heterocycles. The monoisotopic (exact) mass is 316 g/mol. The smallest absolute Gasteiger partial charge is 0.227 e. The van der Waals surface area contributed by atoms with Gasteiger partial charge in [-0.05, 0) is 29.8 Å². The average molecular weight is 317 g/mol. The number of nitrogens with zero attached hydrogens (tertiary/aromatic N) is 2. The van der Waals surface area contributed by atoms with Crippen LogP contribution in [-0.2, 0) is 17.8 Å². The molecule has 2 rings (SSSR count). The molecule has 0 spiro atoms. The predicted octanol–water partition coefficient (Wildman–Crippen LogP) is 3.55. The Morgan fingerprint density at radius 2 is 1.95 bits per heavy atom. The van der Waals surface area contributed by atoms with Crippen molar-refractivity contribution in [3.05, 3.63) is 70.0 Å². The summed E-state index contributed by atoms with van der Waals surface area (Å²) in [5.74, 6) is -0.705. The molecule has 0 bridgehead atoms. The van der Waals surface area contributed by atoms with Gasteiger partial charge in [0.05, 0.1) is 18.1 Å². The average Bonchev–Trinajstić information content (AvgIpc) is 2.51. The van der Waals surface area contributed by atoms with E-state index in [1.807, 2.05) is 6.07 Å². The Morgan fingerprint density at radius 3 is 2.55 bits per heavy atom. The Labute approximate surface area is 133 Å². The molecular formula is C17H14ClFN2O. The van der Waals surface area contributed by atoms with Gasteiger partial charge in [0.2, 0.25) is 5.91 Å². The van der Waals surface area contributed by atoms with E-state index in [0.717, 1.165) is 5.56 Å². The summed E-state index contributed by atoms with van der Waals surface area (Å²) in [6, 6.07) is 13.4. The summed E-state index contributed by atoms with van der Waals surface area (Å²) in [7, 11) is 1.65. The molecule has 0 aliphatic carbocycles. The molecule has 22 heavy (non-hydrogen) atoms. The quantitative estimate of drug-likeness (QED) is 0.865. The zero-order chi connectivity index (χ0) is 16.1. The van der Waals surface area contributed by atoms with Gasteiger partial charge in [0, 0.05) is 24.2 Å². The lowest BCUT2D eigenvalue weighted by molar-refractivity contribution is -0.129. The van der Waals surface area contributed by atoms with E-state index < -0.39 is 5.82 Å². The van der Waals surface area contributed by atoms with Crippen LogP contribution < -0.4 is 0 Å². The van der Waals surface area contributed by atoms with Crippen LogP contribution in [0.3, 0.4) is 0 Å². The van der Waals surface area contributed by atoms with Gasteiger partial charge in [0.15, 0.2) is 0 Å². The normalized spacial score (nSPS) is 10.1. The van der Waals surface area contributed by atoms with Crippen LogP contribution in [-0.4, -0.2) is 17.9 Å². The number of hydrogen-bond donors (Lipinski definition) is 0. The van der Waals surface area contributed by atoms with Gasteiger partial charge in [-0.15, -0.1) is 0 Å². The van der Waals surface area contributed by atoms with Crippen molar-refractivity contribution in [3.63, 3.8) is 0 Å². The molecule has 0 saturated heterocycles. The first-order chi connectivity index (χ1) is 10.5. The van der Waals surface area contributed by atoms with Crippen LogP contribution in [0.15, 0.2) is 42.5 Å². The summed E-state index contributed by atoms with van der Waals surface area (Å²) in [6.45, 7) is 0.386. The highest BCUT2D eigenvalue weighted by Gasteiger charge is 2.15. The second-order valence-electron chi connectivity index (χ2n) is 4.94. The standard InChI is InChI=1S/C17H14ClFN2O/c1-21(11-13-7-5-12(10-20)6-8-13)17(22)9-14-15(18)3-2-4-16(14)19/h2-8H,9,11H2,1H3. The molecule has 1 amide bonds. The number of carbonyl (C=O) groups excluding carboxylic acids is 1. The third-order valence-electron chi connectivity index (χ3n) is 3.32. The van der Waals surface area contributed by atoms with E-state index in [9.17, 15) is 9.18 Å².